The Morgan fingerprint density at radius 3 is 3.00 bits per heavy atom. The molecule has 0 aliphatic carbocycles. The summed E-state index contributed by atoms with van der Waals surface area (Å²) in [6.07, 6.45) is 1.85. The fourth-order valence-corrected chi connectivity index (χ4v) is 3.08. The van der Waals surface area contributed by atoms with Gasteiger partial charge in [0.05, 0.1) is 11.1 Å². The number of Topliss-reactive ketones (excluding diaryl/α,β-unsaturated/α-hetero) is 1. The number of carbonyl (C=O) groups is 1. The normalized spacial score (nSPS) is 19.8. The summed E-state index contributed by atoms with van der Waals surface area (Å²) in [4.78, 5) is 14.4. The van der Waals surface area contributed by atoms with Crippen LogP contribution >= 0.6 is 27.5 Å². The topological polar surface area (TPSA) is 29.5 Å². The number of carbonyl (C=O) groups excluding carboxylic acids is 1. The Balaban J connectivity index is 1.88. The highest BCUT2D eigenvalue weighted by Crippen LogP contribution is 2.23. The van der Waals surface area contributed by atoms with Gasteiger partial charge in [-0.05, 0) is 24.6 Å². The van der Waals surface area contributed by atoms with E-state index in [0.717, 1.165) is 30.5 Å². The number of ether oxygens (including phenoxy) is 1. The van der Waals surface area contributed by atoms with Crippen molar-refractivity contribution in [2.24, 2.45) is 0 Å². The molecule has 1 heterocycles. The van der Waals surface area contributed by atoms with Crippen LogP contribution in [0.5, 0.6) is 0 Å². The number of hydrogen-bond acceptors (Lipinski definition) is 3. The van der Waals surface area contributed by atoms with Crippen LogP contribution in [0.4, 0.5) is 0 Å². The molecule has 1 unspecified atom stereocenters. The van der Waals surface area contributed by atoms with E-state index < -0.39 is 0 Å². The lowest BCUT2D eigenvalue weighted by molar-refractivity contribution is 0.0944. The number of rotatable bonds is 5. The van der Waals surface area contributed by atoms with E-state index in [1.54, 1.807) is 19.2 Å². The summed E-state index contributed by atoms with van der Waals surface area (Å²) in [5, 5.41) is 0.510. The highest BCUT2D eigenvalue weighted by Gasteiger charge is 2.22. The van der Waals surface area contributed by atoms with Crippen LogP contribution in [0.1, 0.15) is 23.2 Å². The zero-order valence-corrected chi connectivity index (χ0v) is 13.2. The second kappa shape index (κ2) is 6.84. The largest absolute Gasteiger partial charge is 0.380 e. The summed E-state index contributed by atoms with van der Waals surface area (Å²) in [7, 11) is 1.74. The summed E-state index contributed by atoms with van der Waals surface area (Å²) >= 11 is 9.42. The predicted molar refractivity (Wildman–Crippen MR) is 80.0 cm³/mol. The lowest BCUT2D eigenvalue weighted by Gasteiger charge is -2.15. The molecule has 0 aromatic heterocycles. The Kier molecular flexibility index (Phi) is 5.39. The SMILES string of the molecule is COC1CCN(CCC(=O)c2ccc(Br)cc2Cl)C1. The highest BCUT2D eigenvalue weighted by atomic mass is 79.9. The Bertz CT molecular complexity index is 467. The van der Waals surface area contributed by atoms with Gasteiger partial charge in [0.25, 0.3) is 0 Å². The lowest BCUT2D eigenvalue weighted by Crippen LogP contribution is -2.25. The number of methoxy groups -OCH3 is 1. The van der Waals surface area contributed by atoms with Crippen molar-refractivity contribution in [1.29, 1.82) is 0 Å². The van der Waals surface area contributed by atoms with Gasteiger partial charge in [-0.2, -0.15) is 0 Å². The first-order valence-electron chi connectivity index (χ1n) is 6.33. The van der Waals surface area contributed by atoms with Gasteiger partial charge in [-0.15, -0.1) is 0 Å². The van der Waals surface area contributed by atoms with E-state index in [-0.39, 0.29) is 5.78 Å². The van der Waals surface area contributed by atoms with Crippen molar-refractivity contribution in [2.75, 3.05) is 26.7 Å². The van der Waals surface area contributed by atoms with Gasteiger partial charge in [0.2, 0.25) is 0 Å². The van der Waals surface area contributed by atoms with Crippen molar-refractivity contribution in [3.05, 3.63) is 33.3 Å². The van der Waals surface area contributed by atoms with Crippen molar-refractivity contribution in [3.63, 3.8) is 0 Å². The molecule has 0 bridgehead atoms. The molecule has 1 aromatic rings. The minimum atomic E-state index is 0.0957. The van der Waals surface area contributed by atoms with E-state index in [0.29, 0.717) is 23.1 Å². The second-order valence-electron chi connectivity index (χ2n) is 4.74. The molecular formula is C14H17BrClNO2. The van der Waals surface area contributed by atoms with Crippen molar-refractivity contribution in [2.45, 2.75) is 18.9 Å². The van der Waals surface area contributed by atoms with Gasteiger partial charge in [0.1, 0.15) is 0 Å². The van der Waals surface area contributed by atoms with Crippen LogP contribution in [-0.4, -0.2) is 43.5 Å². The molecule has 1 aliphatic rings. The minimum absolute atomic E-state index is 0.0957. The average Bonchev–Trinajstić information content (AvgIpc) is 2.84. The van der Waals surface area contributed by atoms with Crippen LogP contribution in [0.3, 0.4) is 0 Å². The molecule has 1 atom stereocenters. The quantitative estimate of drug-likeness (QED) is 0.765. The van der Waals surface area contributed by atoms with Crippen molar-refractivity contribution >= 4 is 33.3 Å². The summed E-state index contributed by atoms with van der Waals surface area (Å²) in [6, 6.07) is 5.37. The van der Waals surface area contributed by atoms with E-state index in [9.17, 15) is 4.79 Å². The molecule has 0 N–H and O–H groups in total. The maximum atomic E-state index is 12.1. The highest BCUT2D eigenvalue weighted by molar-refractivity contribution is 9.10. The van der Waals surface area contributed by atoms with Gasteiger partial charge < -0.3 is 9.64 Å². The molecule has 2 rings (SSSR count). The zero-order chi connectivity index (χ0) is 13.8. The number of ketones is 1. The molecule has 19 heavy (non-hydrogen) atoms. The van der Waals surface area contributed by atoms with Gasteiger partial charge in [-0.1, -0.05) is 27.5 Å². The third-order valence-corrected chi connectivity index (χ3v) is 4.26. The molecule has 104 valence electrons. The molecule has 0 radical (unpaired) electrons. The van der Waals surface area contributed by atoms with E-state index in [2.05, 4.69) is 20.8 Å². The molecule has 0 saturated carbocycles. The van der Waals surface area contributed by atoms with Crippen LogP contribution in [0, 0.1) is 0 Å². The van der Waals surface area contributed by atoms with E-state index in [1.807, 2.05) is 6.07 Å². The first-order valence-corrected chi connectivity index (χ1v) is 7.50. The average molecular weight is 347 g/mol. The Labute approximate surface area is 127 Å². The standard InChI is InChI=1S/C14H17BrClNO2/c1-19-11-4-6-17(9-11)7-5-14(18)12-3-2-10(15)8-13(12)16/h2-3,8,11H,4-7,9H2,1H3. The summed E-state index contributed by atoms with van der Waals surface area (Å²) in [6.45, 7) is 2.68. The summed E-state index contributed by atoms with van der Waals surface area (Å²) in [5.41, 5.74) is 0.604. The van der Waals surface area contributed by atoms with E-state index in [4.69, 9.17) is 16.3 Å². The Morgan fingerprint density at radius 1 is 1.58 bits per heavy atom. The number of benzene rings is 1. The molecule has 1 aliphatic heterocycles. The molecule has 3 nitrogen and oxygen atoms in total. The van der Waals surface area contributed by atoms with Gasteiger partial charge in [-0.3, -0.25) is 4.79 Å². The number of hydrogen-bond donors (Lipinski definition) is 0. The molecule has 1 saturated heterocycles. The first-order chi connectivity index (χ1) is 9.10. The van der Waals surface area contributed by atoms with Crippen molar-refractivity contribution < 1.29 is 9.53 Å². The van der Waals surface area contributed by atoms with Crippen LogP contribution < -0.4 is 0 Å². The smallest absolute Gasteiger partial charge is 0.165 e. The number of likely N-dealkylation sites (tertiary alicyclic amines) is 1. The van der Waals surface area contributed by atoms with Gasteiger partial charge in [0.15, 0.2) is 5.78 Å². The summed E-state index contributed by atoms with van der Waals surface area (Å²) in [5.74, 6) is 0.0957. The van der Waals surface area contributed by atoms with Gasteiger partial charge in [0, 0.05) is 43.2 Å². The van der Waals surface area contributed by atoms with Crippen LogP contribution in [-0.2, 0) is 4.74 Å². The second-order valence-corrected chi connectivity index (χ2v) is 6.07. The maximum Gasteiger partial charge on any atom is 0.165 e. The Morgan fingerprint density at radius 2 is 2.37 bits per heavy atom. The molecule has 5 heteroatoms. The molecule has 1 aromatic carbocycles. The number of nitrogens with zero attached hydrogens (tertiary/aromatic N) is 1. The minimum Gasteiger partial charge on any atom is -0.380 e. The molecule has 0 spiro atoms. The van der Waals surface area contributed by atoms with Crippen molar-refractivity contribution in [1.82, 2.24) is 4.90 Å². The third kappa shape index (κ3) is 4.02. The van der Waals surface area contributed by atoms with Crippen molar-refractivity contribution in [3.8, 4) is 0 Å². The molecule has 1 fully saturated rings. The Hall–Kier alpha value is -0.420. The van der Waals surface area contributed by atoms with Crippen LogP contribution in [0.15, 0.2) is 22.7 Å². The maximum absolute atomic E-state index is 12.1. The zero-order valence-electron chi connectivity index (χ0n) is 10.9. The number of halogens is 2. The third-order valence-electron chi connectivity index (χ3n) is 3.45. The monoisotopic (exact) mass is 345 g/mol. The molecular weight excluding hydrogens is 330 g/mol. The lowest BCUT2D eigenvalue weighted by atomic mass is 10.1. The first kappa shape index (κ1) is 15.0. The fraction of sp³-hybridized carbons (Fsp3) is 0.500. The van der Waals surface area contributed by atoms with Gasteiger partial charge in [-0.25, -0.2) is 0 Å². The van der Waals surface area contributed by atoms with Gasteiger partial charge >= 0.3 is 0 Å². The predicted octanol–water partition coefficient (Wildman–Crippen LogP) is 3.40. The van der Waals surface area contributed by atoms with Crippen LogP contribution in [0.2, 0.25) is 5.02 Å². The van der Waals surface area contributed by atoms with E-state index >= 15 is 0 Å². The molecule has 0 amide bonds. The summed E-state index contributed by atoms with van der Waals surface area (Å²) < 4.78 is 6.20. The van der Waals surface area contributed by atoms with E-state index in [1.165, 1.54) is 0 Å². The fourth-order valence-electron chi connectivity index (χ4n) is 2.30. The van der Waals surface area contributed by atoms with Crippen LogP contribution in [0.25, 0.3) is 0 Å².